The molecule has 0 aromatic rings. The summed E-state index contributed by atoms with van der Waals surface area (Å²) >= 11 is 0. The summed E-state index contributed by atoms with van der Waals surface area (Å²) in [7, 11) is 0. The Labute approximate surface area is 87.2 Å². The highest BCUT2D eigenvalue weighted by atomic mass is 19.3. The number of nitrogens with two attached hydrogens (primary N) is 1. The number of alkyl halides is 4. The van der Waals surface area contributed by atoms with Crippen molar-refractivity contribution < 1.29 is 17.6 Å². The van der Waals surface area contributed by atoms with Crippen LogP contribution in [0.25, 0.3) is 0 Å². The van der Waals surface area contributed by atoms with E-state index in [1.165, 1.54) is 0 Å². The van der Waals surface area contributed by atoms with E-state index < -0.39 is 18.9 Å². The molecule has 0 aliphatic rings. The van der Waals surface area contributed by atoms with Gasteiger partial charge in [0.1, 0.15) is 0 Å². The molecule has 0 radical (unpaired) electrons. The van der Waals surface area contributed by atoms with Gasteiger partial charge in [0.25, 0.3) is 0 Å². The predicted molar refractivity (Wildman–Crippen MR) is 51.3 cm³/mol. The summed E-state index contributed by atoms with van der Waals surface area (Å²) in [5.74, 6) is -3.70. The van der Waals surface area contributed by atoms with Crippen LogP contribution in [0, 0.1) is 5.92 Å². The first-order chi connectivity index (χ1) is 6.77. The Morgan fingerprint density at radius 2 is 1.80 bits per heavy atom. The topological polar surface area (TPSA) is 38.0 Å². The summed E-state index contributed by atoms with van der Waals surface area (Å²) < 4.78 is 48.2. The van der Waals surface area contributed by atoms with Crippen LogP contribution in [0.1, 0.15) is 20.3 Å². The normalized spacial score (nSPS) is 15.0. The van der Waals surface area contributed by atoms with Crippen LogP contribution >= 0.6 is 0 Å². The SMILES string of the molecule is CC(C)C(N)CCNCC(F)(F)C(F)F. The lowest BCUT2D eigenvalue weighted by atomic mass is 10.0. The summed E-state index contributed by atoms with van der Waals surface area (Å²) in [6, 6.07) is -0.0994. The molecule has 1 atom stereocenters. The fourth-order valence-corrected chi connectivity index (χ4v) is 0.934. The smallest absolute Gasteiger partial charge is 0.319 e. The Morgan fingerprint density at radius 3 is 2.20 bits per heavy atom. The fourth-order valence-electron chi connectivity index (χ4n) is 0.934. The van der Waals surface area contributed by atoms with Crippen molar-refractivity contribution in [3.63, 3.8) is 0 Å². The number of nitrogens with one attached hydrogen (secondary N) is 1. The summed E-state index contributed by atoms with van der Waals surface area (Å²) in [6.07, 6.45) is -3.12. The van der Waals surface area contributed by atoms with E-state index >= 15 is 0 Å². The molecule has 0 aromatic heterocycles. The molecular formula is C9H18F4N2. The molecule has 0 saturated carbocycles. The van der Waals surface area contributed by atoms with Gasteiger partial charge < -0.3 is 11.1 Å². The second-order valence-corrected chi connectivity index (χ2v) is 3.94. The highest BCUT2D eigenvalue weighted by Gasteiger charge is 2.39. The van der Waals surface area contributed by atoms with Gasteiger partial charge in [-0.15, -0.1) is 0 Å². The maximum absolute atomic E-state index is 12.4. The van der Waals surface area contributed by atoms with Gasteiger partial charge in [0, 0.05) is 6.04 Å². The molecule has 0 aliphatic carbocycles. The second-order valence-electron chi connectivity index (χ2n) is 3.94. The molecule has 0 aliphatic heterocycles. The molecule has 0 heterocycles. The zero-order chi connectivity index (χ0) is 12.1. The van der Waals surface area contributed by atoms with Gasteiger partial charge in [0.2, 0.25) is 0 Å². The third kappa shape index (κ3) is 5.94. The predicted octanol–water partition coefficient (Wildman–Crippen LogP) is 1.85. The molecule has 0 fully saturated rings. The fraction of sp³-hybridized carbons (Fsp3) is 1.00. The van der Waals surface area contributed by atoms with E-state index in [1.54, 1.807) is 0 Å². The number of hydrogen-bond donors (Lipinski definition) is 2. The van der Waals surface area contributed by atoms with E-state index in [4.69, 9.17) is 5.73 Å². The lowest BCUT2D eigenvalue weighted by molar-refractivity contribution is -0.125. The van der Waals surface area contributed by atoms with Gasteiger partial charge in [0.05, 0.1) is 6.54 Å². The Hall–Kier alpha value is -0.360. The molecule has 0 bridgehead atoms. The average Bonchev–Trinajstić information content (AvgIpc) is 2.11. The maximum Gasteiger partial charge on any atom is 0.319 e. The van der Waals surface area contributed by atoms with Gasteiger partial charge in [-0.3, -0.25) is 0 Å². The highest BCUT2D eigenvalue weighted by molar-refractivity contribution is 4.73. The molecule has 3 N–H and O–H groups in total. The summed E-state index contributed by atoms with van der Waals surface area (Å²) in [5, 5.41) is 2.28. The largest absolute Gasteiger partial charge is 0.327 e. The summed E-state index contributed by atoms with van der Waals surface area (Å²) in [4.78, 5) is 0. The van der Waals surface area contributed by atoms with E-state index in [9.17, 15) is 17.6 Å². The van der Waals surface area contributed by atoms with Crippen molar-refractivity contribution in [2.75, 3.05) is 13.1 Å². The van der Waals surface area contributed by atoms with E-state index in [-0.39, 0.29) is 18.5 Å². The molecule has 1 unspecified atom stereocenters. The van der Waals surface area contributed by atoms with Crippen LogP contribution in [0.3, 0.4) is 0 Å². The van der Waals surface area contributed by atoms with Crippen LogP contribution < -0.4 is 11.1 Å². The molecule has 2 nitrogen and oxygen atoms in total. The van der Waals surface area contributed by atoms with Gasteiger partial charge in [-0.1, -0.05) is 13.8 Å². The van der Waals surface area contributed by atoms with Crippen LogP contribution in [-0.2, 0) is 0 Å². The minimum atomic E-state index is -3.96. The first-order valence-electron chi connectivity index (χ1n) is 4.89. The van der Waals surface area contributed by atoms with E-state index in [0.717, 1.165) is 0 Å². The number of halogens is 4. The minimum Gasteiger partial charge on any atom is -0.327 e. The Kier molecular flexibility index (Phi) is 6.12. The van der Waals surface area contributed by atoms with Crippen molar-refractivity contribution >= 4 is 0 Å². The third-order valence-corrected chi connectivity index (χ3v) is 2.19. The molecule has 0 spiro atoms. The quantitative estimate of drug-likeness (QED) is 0.517. The van der Waals surface area contributed by atoms with Crippen LogP contribution in [0.5, 0.6) is 0 Å². The minimum absolute atomic E-state index is 0.0994. The van der Waals surface area contributed by atoms with Gasteiger partial charge in [-0.2, -0.15) is 8.78 Å². The molecule has 0 saturated heterocycles. The zero-order valence-corrected chi connectivity index (χ0v) is 8.94. The van der Waals surface area contributed by atoms with Crippen molar-refractivity contribution in [1.82, 2.24) is 5.32 Å². The Bertz CT molecular complexity index is 173. The van der Waals surface area contributed by atoms with E-state index in [0.29, 0.717) is 6.42 Å². The summed E-state index contributed by atoms with van der Waals surface area (Å²) in [5.41, 5.74) is 5.65. The average molecular weight is 230 g/mol. The first kappa shape index (κ1) is 14.6. The van der Waals surface area contributed by atoms with Crippen LogP contribution in [0.4, 0.5) is 17.6 Å². The first-order valence-corrected chi connectivity index (χ1v) is 4.89. The second kappa shape index (κ2) is 6.27. The molecular weight excluding hydrogens is 212 g/mol. The monoisotopic (exact) mass is 230 g/mol. The molecule has 0 amide bonds. The van der Waals surface area contributed by atoms with Crippen LogP contribution in [0.2, 0.25) is 0 Å². The van der Waals surface area contributed by atoms with Gasteiger partial charge >= 0.3 is 12.3 Å². The van der Waals surface area contributed by atoms with Crippen molar-refractivity contribution in [2.45, 2.75) is 38.7 Å². The van der Waals surface area contributed by atoms with Crippen molar-refractivity contribution in [2.24, 2.45) is 11.7 Å². The van der Waals surface area contributed by atoms with Gasteiger partial charge in [-0.25, -0.2) is 8.78 Å². The lowest BCUT2D eigenvalue weighted by Crippen LogP contribution is -2.40. The number of hydrogen-bond acceptors (Lipinski definition) is 2. The third-order valence-electron chi connectivity index (χ3n) is 2.19. The molecule has 0 aromatic carbocycles. The Morgan fingerprint density at radius 1 is 1.27 bits per heavy atom. The molecule has 92 valence electrons. The van der Waals surface area contributed by atoms with Crippen molar-refractivity contribution in [1.29, 1.82) is 0 Å². The van der Waals surface area contributed by atoms with Crippen LogP contribution in [-0.4, -0.2) is 31.5 Å². The Balaban J connectivity index is 3.63. The van der Waals surface area contributed by atoms with E-state index in [1.807, 2.05) is 13.8 Å². The van der Waals surface area contributed by atoms with Gasteiger partial charge in [0.15, 0.2) is 0 Å². The molecule has 0 rings (SSSR count). The summed E-state index contributed by atoms with van der Waals surface area (Å²) in [6.45, 7) is 3.05. The van der Waals surface area contributed by atoms with Gasteiger partial charge in [-0.05, 0) is 18.9 Å². The molecule has 15 heavy (non-hydrogen) atoms. The standard InChI is InChI=1S/C9H18F4N2/c1-6(2)7(14)3-4-15-5-9(12,13)8(10)11/h6-8,15H,3-5,14H2,1-2H3. The lowest BCUT2D eigenvalue weighted by Gasteiger charge is -2.18. The van der Waals surface area contributed by atoms with Crippen molar-refractivity contribution in [3.8, 4) is 0 Å². The highest BCUT2D eigenvalue weighted by Crippen LogP contribution is 2.21. The maximum atomic E-state index is 12.4. The van der Waals surface area contributed by atoms with Crippen molar-refractivity contribution in [3.05, 3.63) is 0 Å². The zero-order valence-electron chi connectivity index (χ0n) is 8.94. The number of rotatable bonds is 7. The molecule has 6 heteroatoms. The van der Waals surface area contributed by atoms with Crippen LogP contribution in [0.15, 0.2) is 0 Å². The van der Waals surface area contributed by atoms with E-state index in [2.05, 4.69) is 5.32 Å².